The Kier molecular flexibility index (Phi) is 4.09. The minimum atomic E-state index is -0.0576. The average Bonchev–Trinajstić information content (AvgIpc) is 3.08. The molecule has 0 unspecified atom stereocenters. The second-order valence-corrected chi connectivity index (χ2v) is 8.46. The third-order valence-electron chi connectivity index (χ3n) is 4.99. The lowest BCUT2D eigenvalue weighted by Crippen LogP contribution is -2.10. The predicted molar refractivity (Wildman–Crippen MR) is 113 cm³/mol. The van der Waals surface area contributed by atoms with E-state index >= 15 is 0 Å². The van der Waals surface area contributed by atoms with Crippen LogP contribution in [0.4, 0.5) is 5.82 Å². The Bertz CT molecular complexity index is 1220. The lowest BCUT2D eigenvalue weighted by atomic mass is 10.1. The number of allylic oxidation sites excluding steroid dienone is 1. The number of fused-ring (bicyclic) bond motifs is 1. The zero-order valence-electron chi connectivity index (χ0n) is 15.9. The second-order valence-electron chi connectivity index (χ2n) is 7.37. The molecule has 3 aromatic heterocycles. The largest absolute Gasteiger partial charge is 0.367 e. The number of nitrogens with one attached hydrogen (secondary N) is 2. The van der Waals surface area contributed by atoms with Crippen molar-refractivity contribution in [3.8, 4) is 10.6 Å². The molecule has 29 heavy (non-hydrogen) atoms. The Morgan fingerprint density at radius 2 is 2.24 bits per heavy atom. The number of carbonyl (C=O) groups is 2. The van der Waals surface area contributed by atoms with Gasteiger partial charge in [-0.2, -0.15) is 9.61 Å². The summed E-state index contributed by atoms with van der Waals surface area (Å²) in [6, 6.07) is 6.19. The maximum Gasteiger partial charge on any atom is 0.228 e. The summed E-state index contributed by atoms with van der Waals surface area (Å²) in [6.45, 7) is 5.47. The standard InChI is InChI=1S/C21H19N5O2S/c1-11-13(8-20(28)23-11)7-14-10-22-26-19(24-15-3-4-15)9-16(25-21(14)26)18-6-5-17(29-18)12(2)27/h5-7,9-10,15,24H,1,3-4,8H2,2H3,(H,23,28)/b13-7+. The summed E-state index contributed by atoms with van der Waals surface area (Å²) in [6.07, 6.45) is 6.24. The molecule has 146 valence electrons. The van der Waals surface area contributed by atoms with Crippen LogP contribution in [0.2, 0.25) is 0 Å². The van der Waals surface area contributed by atoms with Crippen molar-refractivity contribution in [1.29, 1.82) is 0 Å². The molecule has 2 N–H and O–H groups in total. The zero-order chi connectivity index (χ0) is 20.1. The smallest absolute Gasteiger partial charge is 0.228 e. The topological polar surface area (TPSA) is 88.4 Å². The lowest BCUT2D eigenvalue weighted by molar-refractivity contribution is -0.118. The summed E-state index contributed by atoms with van der Waals surface area (Å²) in [5.41, 5.74) is 3.76. The van der Waals surface area contributed by atoms with Crippen molar-refractivity contribution in [2.45, 2.75) is 32.2 Å². The van der Waals surface area contributed by atoms with Crippen LogP contribution < -0.4 is 10.6 Å². The molecule has 4 heterocycles. The molecule has 0 atom stereocenters. The number of carbonyl (C=O) groups excluding carboxylic acids is 2. The molecule has 7 nitrogen and oxygen atoms in total. The normalized spacial score (nSPS) is 17.9. The van der Waals surface area contributed by atoms with E-state index in [4.69, 9.17) is 4.98 Å². The van der Waals surface area contributed by atoms with Gasteiger partial charge in [0.15, 0.2) is 11.4 Å². The summed E-state index contributed by atoms with van der Waals surface area (Å²) in [7, 11) is 0. The van der Waals surface area contributed by atoms with Crippen LogP contribution in [0.1, 0.15) is 41.4 Å². The Balaban J connectivity index is 1.64. The van der Waals surface area contributed by atoms with E-state index in [2.05, 4.69) is 22.3 Å². The molecular formula is C21H19N5O2S. The number of thiophene rings is 1. The fourth-order valence-corrected chi connectivity index (χ4v) is 4.17. The number of hydrogen-bond acceptors (Lipinski definition) is 6. The SMILES string of the molecule is C=C1NC(=O)C/C1=C\c1cnn2c(NC3CC3)cc(-c3ccc(C(C)=O)s3)nc12. The van der Waals surface area contributed by atoms with E-state index in [-0.39, 0.29) is 11.7 Å². The number of Topliss-reactive ketones (excluding diaryl/α,β-unsaturated/α-hetero) is 1. The maximum atomic E-state index is 11.7. The van der Waals surface area contributed by atoms with Crippen molar-refractivity contribution in [2.24, 2.45) is 0 Å². The average molecular weight is 405 g/mol. The van der Waals surface area contributed by atoms with E-state index in [0.717, 1.165) is 40.4 Å². The van der Waals surface area contributed by atoms with Gasteiger partial charge in [-0.1, -0.05) is 6.58 Å². The molecule has 0 aromatic carbocycles. The van der Waals surface area contributed by atoms with Gasteiger partial charge >= 0.3 is 0 Å². The molecule has 5 rings (SSSR count). The Morgan fingerprint density at radius 3 is 2.90 bits per heavy atom. The molecule has 2 fully saturated rings. The van der Waals surface area contributed by atoms with Gasteiger partial charge in [0.25, 0.3) is 0 Å². The number of hydrogen-bond donors (Lipinski definition) is 2. The molecule has 0 bridgehead atoms. The van der Waals surface area contributed by atoms with Gasteiger partial charge < -0.3 is 10.6 Å². The first-order valence-corrected chi connectivity index (χ1v) is 10.3. The third kappa shape index (κ3) is 3.36. The Labute approximate surface area is 171 Å². The number of amides is 1. The fraction of sp³-hybridized carbons (Fsp3) is 0.238. The van der Waals surface area contributed by atoms with Crippen molar-refractivity contribution in [2.75, 3.05) is 5.32 Å². The minimum absolute atomic E-state index is 0.0466. The van der Waals surface area contributed by atoms with Crippen molar-refractivity contribution in [3.63, 3.8) is 0 Å². The molecule has 2 aliphatic rings. The predicted octanol–water partition coefficient (Wildman–Crippen LogP) is 3.65. The van der Waals surface area contributed by atoms with E-state index in [0.29, 0.717) is 28.7 Å². The molecule has 1 aliphatic carbocycles. The lowest BCUT2D eigenvalue weighted by Gasteiger charge is -2.09. The molecule has 1 aliphatic heterocycles. The summed E-state index contributed by atoms with van der Waals surface area (Å²) < 4.78 is 1.79. The summed E-state index contributed by atoms with van der Waals surface area (Å²) in [5, 5.41) is 10.8. The molecular weight excluding hydrogens is 386 g/mol. The number of nitrogens with zero attached hydrogens (tertiary/aromatic N) is 3. The van der Waals surface area contributed by atoms with Crippen LogP contribution in [-0.2, 0) is 4.79 Å². The molecule has 1 amide bonds. The van der Waals surface area contributed by atoms with Gasteiger partial charge in [-0.15, -0.1) is 11.3 Å². The fourth-order valence-electron chi connectivity index (χ4n) is 3.31. The highest BCUT2D eigenvalue weighted by Crippen LogP contribution is 2.33. The van der Waals surface area contributed by atoms with Crippen LogP contribution in [0, 0.1) is 0 Å². The highest BCUT2D eigenvalue weighted by Gasteiger charge is 2.24. The van der Waals surface area contributed by atoms with E-state index in [1.54, 1.807) is 17.6 Å². The van der Waals surface area contributed by atoms with Gasteiger partial charge in [0.2, 0.25) is 5.91 Å². The molecule has 3 aromatic rings. The second kappa shape index (κ2) is 6.66. The van der Waals surface area contributed by atoms with E-state index in [9.17, 15) is 9.59 Å². The van der Waals surface area contributed by atoms with E-state index in [1.165, 1.54) is 11.3 Å². The highest BCUT2D eigenvalue weighted by atomic mass is 32.1. The maximum absolute atomic E-state index is 11.7. The number of ketones is 1. The Hall–Kier alpha value is -3.26. The zero-order valence-corrected chi connectivity index (χ0v) is 16.7. The molecule has 1 saturated carbocycles. The monoisotopic (exact) mass is 405 g/mol. The first kappa shape index (κ1) is 17.8. The number of anilines is 1. The van der Waals surface area contributed by atoms with Gasteiger partial charge in [-0.05, 0) is 43.5 Å². The van der Waals surface area contributed by atoms with Crippen LogP contribution >= 0.6 is 11.3 Å². The van der Waals surface area contributed by atoms with Crippen LogP contribution in [0.25, 0.3) is 22.3 Å². The van der Waals surface area contributed by atoms with Crippen molar-refractivity contribution in [1.82, 2.24) is 19.9 Å². The van der Waals surface area contributed by atoms with Gasteiger partial charge in [0.05, 0.1) is 28.1 Å². The summed E-state index contributed by atoms with van der Waals surface area (Å²) in [4.78, 5) is 29.8. The van der Waals surface area contributed by atoms with Gasteiger partial charge in [-0.3, -0.25) is 9.59 Å². The molecule has 8 heteroatoms. The van der Waals surface area contributed by atoms with E-state index in [1.807, 2.05) is 24.3 Å². The highest BCUT2D eigenvalue weighted by molar-refractivity contribution is 7.17. The molecule has 1 saturated heterocycles. The van der Waals surface area contributed by atoms with Crippen LogP contribution in [0.15, 0.2) is 42.2 Å². The van der Waals surface area contributed by atoms with E-state index < -0.39 is 0 Å². The minimum Gasteiger partial charge on any atom is -0.367 e. The quantitative estimate of drug-likeness (QED) is 0.633. The van der Waals surface area contributed by atoms with Gasteiger partial charge in [0.1, 0.15) is 5.82 Å². The van der Waals surface area contributed by atoms with Crippen molar-refractivity contribution in [3.05, 3.63) is 52.7 Å². The van der Waals surface area contributed by atoms with Crippen LogP contribution in [-0.4, -0.2) is 32.3 Å². The molecule has 0 spiro atoms. The first-order valence-electron chi connectivity index (χ1n) is 9.44. The van der Waals surface area contributed by atoms with Gasteiger partial charge in [-0.25, -0.2) is 4.98 Å². The Morgan fingerprint density at radius 1 is 1.41 bits per heavy atom. The number of aromatic nitrogens is 3. The van der Waals surface area contributed by atoms with Gasteiger partial charge in [0, 0.05) is 23.4 Å². The van der Waals surface area contributed by atoms with Crippen LogP contribution in [0.5, 0.6) is 0 Å². The molecule has 0 radical (unpaired) electrons. The third-order valence-corrected chi connectivity index (χ3v) is 6.20. The summed E-state index contributed by atoms with van der Waals surface area (Å²) >= 11 is 1.43. The summed E-state index contributed by atoms with van der Waals surface area (Å²) in [5.74, 6) is 0.859. The van der Waals surface area contributed by atoms with Crippen LogP contribution in [0.3, 0.4) is 0 Å². The van der Waals surface area contributed by atoms with Crippen molar-refractivity contribution < 1.29 is 9.59 Å². The van der Waals surface area contributed by atoms with Crippen molar-refractivity contribution >= 4 is 40.6 Å². The first-order chi connectivity index (χ1) is 14.0. The number of rotatable bonds is 5.